The van der Waals surface area contributed by atoms with Crippen molar-refractivity contribution in [3.8, 4) is 5.75 Å². The summed E-state index contributed by atoms with van der Waals surface area (Å²) < 4.78 is 6.03. The number of amides is 2. The fraction of sp³-hybridized carbons (Fsp3) is 0.133. The van der Waals surface area contributed by atoms with Crippen molar-refractivity contribution in [3.05, 3.63) is 57.5 Å². The van der Waals surface area contributed by atoms with E-state index in [1.165, 1.54) is 0 Å². The fourth-order valence-corrected chi connectivity index (χ4v) is 2.45. The third-order valence-corrected chi connectivity index (χ3v) is 3.54. The van der Waals surface area contributed by atoms with Crippen LogP contribution >= 0.6 is 27.5 Å². The maximum atomic E-state index is 11.8. The SMILES string of the molecule is COc1ccc(NC(=O)NCc2cccc(Br)c2)cc1Cl. The molecule has 2 aromatic carbocycles. The first-order valence-electron chi connectivity index (χ1n) is 6.21. The summed E-state index contributed by atoms with van der Waals surface area (Å²) in [5, 5.41) is 5.94. The van der Waals surface area contributed by atoms with Crippen molar-refractivity contribution in [2.75, 3.05) is 12.4 Å². The van der Waals surface area contributed by atoms with E-state index in [-0.39, 0.29) is 6.03 Å². The van der Waals surface area contributed by atoms with Gasteiger partial charge in [-0.3, -0.25) is 0 Å². The molecule has 110 valence electrons. The average Bonchev–Trinajstić information content (AvgIpc) is 2.45. The molecular formula is C15H14BrClN2O2. The van der Waals surface area contributed by atoms with Crippen LogP contribution in [0.5, 0.6) is 5.75 Å². The molecule has 4 nitrogen and oxygen atoms in total. The predicted molar refractivity (Wildman–Crippen MR) is 88.0 cm³/mol. The van der Waals surface area contributed by atoms with Gasteiger partial charge in [0, 0.05) is 16.7 Å². The molecule has 6 heteroatoms. The largest absolute Gasteiger partial charge is 0.495 e. The minimum Gasteiger partial charge on any atom is -0.495 e. The van der Waals surface area contributed by atoms with Gasteiger partial charge in [-0.2, -0.15) is 0 Å². The lowest BCUT2D eigenvalue weighted by Crippen LogP contribution is -2.28. The van der Waals surface area contributed by atoms with Gasteiger partial charge in [-0.05, 0) is 35.9 Å². The number of urea groups is 1. The molecule has 0 fully saturated rings. The molecule has 21 heavy (non-hydrogen) atoms. The molecule has 0 saturated carbocycles. The smallest absolute Gasteiger partial charge is 0.319 e. The van der Waals surface area contributed by atoms with Crippen LogP contribution in [0.4, 0.5) is 10.5 Å². The number of carbonyl (C=O) groups is 1. The summed E-state index contributed by atoms with van der Waals surface area (Å²) in [6.07, 6.45) is 0. The predicted octanol–water partition coefficient (Wildman–Crippen LogP) is 4.43. The number of ether oxygens (including phenoxy) is 1. The first-order chi connectivity index (χ1) is 10.1. The minimum absolute atomic E-state index is 0.295. The zero-order valence-corrected chi connectivity index (χ0v) is 13.7. The minimum atomic E-state index is -0.295. The summed E-state index contributed by atoms with van der Waals surface area (Å²) in [5.41, 5.74) is 1.61. The van der Waals surface area contributed by atoms with E-state index in [9.17, 15) is 4.79 Å². The molecule has 0 heterocycles. The standard InChI is InChI=1S/C15H14BrClN2O2/c1-21-14-6-5-12(8-13(14)17)19-15(20)18-9-10-3-2-4-11(16)7-10/h2-8H,9H2,1H3,(H2,18,19,20). The molecule has 2 N–H and O–H groups in total. The van der Waals surface area contributed by atoms with Crippen molar-refractivity contribution in [1.82, 2.24) is 5.32 Å². The normalized spacial score (nSPS) is 10.0. The number of methoxy groups -OCH3 is 1. The summed E-state index contributed by atoms with van der Waals surface area (Å²) in [4.78, 5) is 11.8. The molecule has 0 saturated heterocycles. The Bertz CT molecular complexity index is 649. The summed E-state index contributed by atoms with van der Waals surface area (Å²) >= 11 is 9.39. The van der Waals surface area contributed by atoms with Gasteiger partial charge in [0.05, 0.1) is 12.1 Å². The molecule has 0 radical (unpaired) electrons. The van der Waals surface area contributed by atoms with Gasteiger partial charge in [0.1, 0.15) is 5.75 Å². The Morgan fingerprint density at radius 3 is 2.76 bits per heavy atom. The second kappa shape index (κ2) is 7.33. The lowest BCUT2D eigenvalue weighted by molar-refractivity contribution is 0.251. The van der Waals surface area contributed by atoms with Crippen molar-refractivity contribution < 1.29 is 9.53 Å². The van der Waals surface area contributed by atoms with Gasteiger partial charge in [0.25, 0.3) is 0 Å². The Morgan fingerprint density at radius 1 is 1.29 bits per heavy atom. The van der Waals surface area contributed by atoms with Crippen molar-refractivity contribution >= 4 is 39.2 Å². The Labute approximate surface area is 136 Å². The van der Waals surface area contributed by atoms with Crippen LogP contribution in [0.15, 0.2) is 46.9 Å². The Hall–Kier alpha value is -1.72. The topological polar surface area (TPSA) is 50.4 Å². The first-order valence-corrected chi connectivity index (χ1v) is 7.38. The lowest BCUT2D eigenvalue weighted by atomic mass is 10.2. The van der Waals surface area contributed by atoms with Gasteiger partial charge in [-0.1, -0.05) is 39.7 Å². The van der Waals surface area contributed by atoms with Gasteiger partial charge in [-0.25, -0.2) is 4.79 Å². The second-order valence-corrected chi connectivity index (χ2v) is 5.61. The van der Waals surface area contributed by atoms with Gasteiger partial charge in [-0.15, -0.1) is 0 Å². The highest BCUT2D eigenvalue weighted by molar-refractivity contribution is 9.10. The van der Waals surface area contributed by atoms with Crippen LogP contribution in [0.25, 0.3) is 0 Å². The zero-order chi connectivity index (χ0) is 15.2. The molecular weight excluding hydrogens is 356 g/mol. The van der Waals surface area contributed by atoms with Crippen molar-refractivity contribution in [1.29, 1.82) is 0 Å². The molecule has 2 aromatic rings. The highest BCUT2D eigenvalue weighted by atomic mass is 79.9. The van der Waals surface area contributed by atoms with Crippen LogP contribution < -0.4 is 15.4 Å². The molecule has 0 aromatic heterocycles. The van der Waals surface area contributed by atoms with Gasteiger partial charge in [0.15, 0.2) is 0 Å². The van der Waals surface area contributed by atoms with Crippen molar-refractivity contribution in [2.24, 2.45) is 0 Å². The molecule has 2 rings (SSSR count). The average molecular weight is 370 g/mol. The Balaban J connectivity index is 1.91. The summed E-state index contributed by atoms with van der Waals surface area (Å²) in [6.45, 7) is 0.440. The van der Waals surface area contributed by atoms with Crippen LogP contribution in [-0.2, 0) is 6.54 Å². The molecule has 2 amide bonds. The maximum absolute atomic E-state index is 11.8. The highest BCUT2D eigenvalue weighted by Crippen LogP contribution is 2.27. The number of carbonyl (C=O) groups excluding carboxylic acids is 1. The zero-order valence-electron chi connectivity index (χ0n) is 11.3. The van der Waals surface area contributed by atoms with E-state index in [0.717, 1.165) is 10.0 Å². The molecule has 0 atom stereocenters. The number of hydrogen-bond donors (Lipinski definition) is 2. The number of rotatable bonds is 4. The Morgan fingerprint density at radius 2 is 2.10 bits per heavy atom. The number of hydrogen-bond acceptors (Lipinski definition) is 2. The van der Waals surface area contributed by atoms with E-state index in [4.69, 9.17) is 16.3 Å². The van der Waals surface area contributed by atoms with Crippen LogP contribution in [-0.4, -0.2) is 13.1 Å². The molecule has 0 aliphatic rings. The van der Waals surface area contributed by atoms with E-state index in [0.29, 0.717) is 23.0 Å². The van der Waals surface area contributed by atoms with Crippen molar-refractivity contribution in [2.45, 2.75) is 6.54 Å². The van der Waals surface area contributed by atoms with E-state index in [1.54, 1.807) is 25.3 Å². The van der Waals surface area contributed by atoms with Gasteiger partial charge >= 0.3 is 6.03 Å². The third-order valence-electron chi connectivity index (χ3n) is 2.75. The maximum Gasteiger partial charge on any atom is 0.319 e. The highest BCUT2D eigenvalue weighted by Gasteiger charge is 2.05. The molecule has 0 bridgehead atoms. The quantitative estimate of drug-likeness (QED) is 0.837. The van der Waals surface area contributed by atoms with E-state index in [1.807, 2.05) is 24.3 Å². The summed E-state index contributed by atoms with van der Waals surface area (Å²) in [5.74, 6) is 0.566. The Kier molecular flexibility index (Phi) is 5.47. The van der Waals surface area contributed by atoms with Gasteiger partial charge < -0.3 is 15.4 Å². The first kappa shape index (κ1) is 15.7. The number of benzene rings is 2. The monoisotopic (exact) mass is 368 g/mol. The second-order valence-electron chi connectivity index (χ2n) is 4.29. The van der Waals surface area contributed by atoms with Gasteiger partial charge in [0.2, 0.25) is 0 Å². The fourth-order valence-electron chi connectivity index (χ4n) is 1.75. The van der Waals surface area contributed by atoms with Crippen LogP contribution in [0, 0.1) is 0 Å². The molecule has 0 aliphatic heterocycles. The molecule has 0 unspecified atom stereocenters. The molecule has 0 aliphatic carbocycles. The molecule has 0 spiro atoms. The van der Waals surface area contributed by atoms with E-state index >= 15 is 0 Å². The van der Waals surface area contributed by atoms with E-state index in [2.05, 4.69) is 26.6 Å². The third kappa shape index (κ3) is 4.65. The lowest BCUT2D eigenvalue weighted by Gasteiger charge is -2.09. The van der Waals surface area contributed by atoms with E-state index < -0.39 is 0 Å². The van der Waals surface area contributed by atoms with Crippen LogP contribution in [0.2, 0.25) is 5.02 Å². The van der Waals surface area contributed by atoms with Crippen molar-refractivity contribution in [3.63, 3.8) is 0 Å². The summed E-state index contributed by atoms with van der Waals surface area (Å²) in [6, 6.07) is 12.5. The van der Waals surface area contributed by atoms with Crippen LogP contribution in [0.1, 0.15) is 5.56 Å². The number of halogens is 2. The van der Waals surface area contributed by atoms with Crippen LogP contribution in [0.3, 0.4) is 0 Å². The number of anilines is 1. The number of nitrogens with one attached hydrogen (secondary N) is 2. The summed E-state index contributed by atoms with van der Waals surface area (Å²) in [7, 11) is 1.54.